The number of nitrogens with zero attached hydrogens (tertiary/aromatic N) is 1. The molecule has 0 saturated carbocycles. The average Bonchev–Trinajstić information content (AvgIpc) is 3.11. The van der Waals surface area contributed by atoms with Crippen LogP contribution in [0.5, 0.6) is 0 Å². The van der Waals surface area contributed by atoms with Crippen molar-refractivity contribution in [3.63, 3.8) is 0 Å². The van der Waals surface area contributed by atoms with Gasteiger partial charge < -0.3 is 14.5 Å². The maximum atomic E-state index is 12.5. The fraction of sp³-hybridized carbons (Fsp3) is 0.458. The van der Waals surface area contributed by atoms with Crippen LogP contribution in [0, 0.1) is 19.8 Å². The molecule has 0 fully saturated rings. The summed E-state index contributed by atoms with van der Waals surface area (Å²) in [5, 5.41) is 0. The Morgan fingerprint density at radius 2 is 1.83 bits per heavy atom. The standard InChI is InChI=1S/C24H32N2O4/c1-7-15(4)12-20(23(27)29-8-2)14-19-13-18(11-10-16(19)5)21-17(6)25-22(26-21)24(28)30-9-3/h10-11,13-15H,7-9,12H2,1-6H3,(H,25,26). The summed E-state index contributed by atoms with van der Waals surface area (Å²) in [6, 6.07) is 5.94. The first-order valence-corrected chi connectivity index (χ1v) is 10.5. The highest BCUT2D eigenvalue weighted by atomic mass is 16.5. The van der Waals surface area contributed by atoms with Gasteiger partial charge in [-0.25, -0.2) is 14.6 Å². The SMILES string of the molecule is CCOC(=O)C(=Cc1cc(-c2nc(C(=O)OCC)[nH]c2C)ccc1C)CC(C)CC. The number of aromatic nitrogens is 2. The van der Waals surface area contributed by atoms with E-state index in [-0.39, 0.29) is 11.8 Å². The van der Waals surface area contributed by atoms with Crippen LogP contribution in [0.2, 0.25) is 0 Å². The van der Waals surface area contributed by atoms with Crippen LogP contribution in [0.3, 0.4) is 0 Å². The van der Waals surface area contributed by atoms with Crippen LogP contribution in [-0.4, -0.2) is 35.1 Å². The number of H-pyrrole nitrogens is 1. The van der Waals surface area contributed by atoms with E-state index in [0.717, 1.165) is 28.8 Å². The minimum Gasteiger partial charge on any atom is -0.463 e. The number of benzene rings is 1. The maximum Gasteiger partial charge on any atom is 0.374 e. The van der Waals surface area contributed by atoms with Gasteiger partial charge in [-0.1, -0.05) is 32.4 Å². The minimum atomic E-state index is -0.475. The molecule has 1 aromatic carbocycles. The maximum absolute atomic E-state index is 12.5. The molecule has 0 aliphatic heterocycles. The van der Waals surface area contributed by atoms with Crippen molar-refractivity contribution in [2.75, 3.05) is 13.2 Å². The first-order chi connectivity index (χ1) is 14.3. The highest BCUT2D eigenvalue weighted by molar-refractivity contribution is 5.94. The van der Waals surface area contributed by atoms with E-state index in [1.165, 1.54) is 0 Å². The molecule has 0 aliphatic carbocycles. The molecule has 162 valence electrons. The van der Waals surface area contributed by atoms with Crippen molar-refractivity contribution in [2.24, 2.45) is 5.92 Å². The first kappa shape index (κ1) is 23.4. The van der Waals surface area contributed by atoms with Gasteiger partial charge in [0, 0.05) is 16.8 Å². The monoisotopic (exact) mass is 412 g/mol. The van der Waals surface area contributed by atoms with Gasteiger partial charge in [0.05, 0.1) is 18.9 Å². The van der Waals surface area contributed by atoms with Crippen molar-refractivity contribution in [3.05, 3.63) is 46.4 Å². The Balaban J connectivity index is 2.46. The van der Waals surface area contributed by atoms with Crippen LogP contribution in [-0.2, 0) is 14.3 Å². The number of aromatic amines is 1. The zero-order valence-electron chi connectivity index (χ0n) is 18.8. The van der Waals surface area contributed by atoms with Gasteiger partial charge in [-0.2, -0.15) is 0 Å². The summed E-state index contributed by atoms with van der Waals surface area (Å²) < 4.78 is 10.3. The van der Waals surface area contributed by atoms with E-state index in [2.05, 4.69) is 23.8 Å². The third-order valence-corrected chi connectivity index (χ3v) is 5.04. The normalized spacial score (nSPS) is 12.5. The number of rotatable bonds is 9. The summed E-state index contributed by atoms with van der Waals surface area (Å²) in [5.74, 6) is -0.184. The van der Waals surface area contributed by atoms with Gasteiger partial charge in [0.15, 0.2) is 0 Å². The Bertz CT molecular complexity index is 927. The Kier molecular flexibility index (Phi) is 8.39. The van der Waals surface area contributed by atoms with Crippen LogP contribution in [0.1, 0.15) is 68.0 Å². The Morgan fingerprint density at radius 1 is 1.13 bits per heavy atom. The van der Waals surface area contributed by atoms with Gasteiger partial charge in [-0.3, -0.25) is 0 Å². The molecular weight excluding hydrogens is 380 g/mol. The van der Waals surface area contributed by atoms with E-state index < -0.39 is 5.97 Å². The molecule has 0 radical (unpaired) electrons. The van der Waals surface area contributed by atoms with E-state index in [9.17, 15) is 9.59 Å². The molecule has 1 atom stereocenters. The lowest BCUT2D eigenvalue weighted by Gasteiger charge is -2.13. The number of carbonyl (C=O) groups is 2. The second kappa shape index (κ2) is 10.8. The Labute approximate surface area is 178 Å². The molecular formula is C24H32N2O4. The van der Waals surface area contributed by atoms with Crippen molar-refractivity contribution >= 4 is 18.0 Å². The van der Waals surface area contributed by atoms with Crippen LogP contribution >= 0.6 is 0 Å². The molecule has 0 spiro atoms. The van der Waals surface area contributed by atoms with E-state index in [4.69, 9.17) is 9.47 Å². The average molecular weight is 413 g/mol. The van der Waals surface area contributed by atoms with Gasteiger partial charge in [0.2, 0.25) is 5.82 Å². The number of aryl methyl sites for hydroxylation is 2. The number of nitrogens with one attached hydrogen (secondary N) is 1. The first-order valence-electron chi connectivity index (χ1n) is 10.5. The van der Waals surface area contributed by atoms with E-state index in [0.29, 0.717) is 36.8 Å². The molecule has 0 aliphatic rings. The van der Waals surface area contributed by atoms with Gasteiger partial charge >= 0.3 is 11.9 Å². The number of imidazole rings is 1. The molecule has 0 saturated heterocycles. The molecule has 2 rings (SSSR count). The van der Waals surface area contributed by atoms with Gasteiger partial charge in [0.1, 0.15) is 0 Å². The molecule has 30 heavy (non-hydrogen) atoms. The van der Waals surface area contributed by atoms with E-state index in [1.807, 2.05) is 45.0 Å². The van der Waals surface area contributed by atoms with E-state index >= 15 is 0 Å². The number of esters is 2. The van der Waals surface area contributed by atoms with Crippen LogP contribution < -0.4 is 0 Å². The quantitative estimate of drug-likeness (QED) is 0.449. The van der Waals surface area contributed by atoms with Gasteiger partial charge in [-0.15, -0.1) is 0 Å². The molecule has 1 aromatic heterocycles. The predicted molar refractivity (Wildman–Crippen MR) is 118 cm³/mol. The summed E-state index contributed by atoms with van der Waals surface area (Å²) in [6.45, 7) is 12.3. The number of hydrogen-bond donors (Lipinski definition) is 1. The third kappa shape index (κ3) is 5.81. The van der Waals surface area contributed by atoms with Crippen molar-refractivity contribution in [1.29, 1.82) is 0 Å². The summed E-state index contributed by atoms with van der Waals surface area (Å²) in [7, 11) is 0. The van der Waals surface area contributed by atoms with Crippen molar-refractivity contribution < 1.29 is 19.1 Å². The number of hydrogen-bond acceptors (Lipinski definition) is 5. The third-order valence-electron chi connectivity index (χ3n) is 5.04. The second-order valence-electron chi connectivity index (χ2n) is 7.46. The predicted octanol–water partition coefficient (Wildman–Crippen LogP) is 5.25. The van der Waals surface area contributed by atoms with Crippen LogP contribution in [0.25, 0.3) is 17.3 Å². The molecule has 2 aromatic rings. The Hall–Kier alpha value is -2.89. The molecule has 1 heterocycles. The highest BCUT2D eigenvalue weighted by Gasteiger charge is 2.18. The number of carbonyl (C=O) groups excluding carboxylic acids is 2. The molecule has 1 unspecified atom stereocenters. The smallest absolute Gasteiger partial charge is 0.374 e. The largest absolute Gasteiger partial charge is 0.463 e. The lowest BCUT2D eigenvalue weighted by Crippen LogP contribution is -2.10. The van der Waals surface area contributed by atoms with Gasteiger partial charge in [-0.05, 0) is 63.3 Å². The fourth-order valence-electron chi connectivity index (χ4n) is 3.11. The summed E-state index contributed by atoms with van der Waals surface area (Å²) in [5.41, 5.74) is 4.97. The van der Waals surface area contributed by atoms with Crippen molar-refractivity contribution in [3.8, 4) is 11.3 Å². The lowest BCUT2D eigenvalue weighted by atomic mass is 9.95. The zero-order valence-corrected chi connectivity index (χ0v) is 18.8. The zero-order chi connectivity index (χ0) is 22.3. The lowest BCUT2D eigenvalue weighted by molar-refractivity contribution is -0.138. The van der Waals surface area contributed by atoms with Crippen LogP contribution in [0.4, 0.5) is 0 Å². The minimum absolute atomic E-state index is 0.186. The molecule has 1 N–H and O–H groups in total. The van der Waals surface area contributed by atoms with Crippen molar-refractivity contribution in [2.45, 2.75) is 54.4 Å². The van der Waals surface area contributed by atoms with E-state index in [1.54, 1.807) is 6.92 Å². The molecule has 6 nitrogen and oxygen atoms in total. The summed E-state index contributed by atoms with van der Waals surface area (Å²) in [4.78, 5) is 31.9. The Morgan fingerprint density at radius 3 is 2.47 bits per heavy atom. The summed E-state index contributed by atoms with van der Waals surface area (Å²) >= 11 is 0. The summed E-state index contributed by atoms with van der Waals surface area (Å²) in [6.07, 6.45) is 3.56. The molecule has 6 heteroatoms. The molecule has 0 amide bonds. The second-order valence-corrected chi connectivity index (χ2v) is 7.46. The highest BCUT2D eigenvalue weighted by Crippen LogP contribution is 2.27. The van der Waals surface area contributed by atoms with Crippen molar-refractivity contribution in [1.82, 2.24) is 9.97 Å². The van der Waals surface area contributed by atoms with Gasteiger partial charge in [0.25, 0.3) is 0 Å². The van der Waals surface area contributed by atoms with Crippen LogP contribution in [0.15, 0.2) is 23.8 Å². The number of ether oxygens (including phenoxy) is 2. The fourth-order valence-corrected chi connectivity index (χ4v) is 3.11. The molecule has 0 bridgehead atoms. The topological polar surface area (TPSA) is 81.3 Å².